The van der Waals surface area contributed by atoms with Crippen molar-refractivity contribution in [1.29, 1.82) is 0 Å². The van der Waals surface area contributed by atoms with E-state index in [-0.39, 0.29) is 10.8 Å². The van der Waals surface area contributed by atoms with Gasteiger partial charge < -0.3 is 14.2 Å². The van der Waals surface area contributed by atoms with E-state index >= 15 is 0 Å². The molecule has 0 spiro atoms. The van der Waals surface area contributed by atoms with Crippen molar-refractivity contribution in [1.82, 2.24) is 4.57 Å². The summed E-state index contributed by atoms with van der Waals surface area (Å²) in [5, 5.41) is 2.43. The Morgan fingerprint density at radius 2 is 0.919 bits per heavy atom. The third-order valence-corrected chi connectivity index (χ3v) is 13.7. The minimum absolute atomic E-state index is 0.264. The molecule has 10 aromatic rings. The number of hydrogen-bond donors (Lipinski definition) is 0. The molecule has 1 aliphatic heterocycles. The topological polar surface area (TPSA) is 17.4 Å². The molecule has 296 valence electrons. The fourth-order valence-corrected chi connectivity index (χ4v) is 10.5. The molecule has 62 heavy (non-hydrogen) atoms. The Morgan fingerprint density at radius 3 is 1.63 bits per heavy atom. The fraction of sp³-hybridized carbons (Fsp3) is 0.0847. The van der Waals surface area contributed by atoms with E-state index in [0.717, 1.165) is 39.8 Å². The van der Waals surface area contributed by atoms with Gasteiger partial charge in [-0.15, -0.1) is 0 Å². The average molecular weight is 797 g/mol. The molecule has 12 rings (SSSR count). The van der Waals surface area contributed by atoms with Crippen LogP contribution in [0.4, 0.5) is 17.1 Å². The Kier molecular flexibility index (Phi) is 8.01. The number of hydrogen-bond acceptors (Lipinski definition) is 2. The first kappa shape index (κ1) is 36.2. The molecular formula is C59H44N2O. The van der Waals surface area contributed by atoms with Crippen LogP contribution >= 0.6 is 0 Å². The van der Waals surface area contributed by atoms with Gasteiger partial charge in [0.15, 0.2) is 0 Å². The Hall–Kier alpha value is -7.62. The Labute approximate surface area is 362 Å². The van der Waals surface area contributed by atoms with Gasteiger partial charge in [-0.1, -0.05) is 147 Å². The van der Waals surface area contributed by atoms with Crippen LogP contribution in [0.5, 0.6) is 11.5 Å². The number of para-hydroxylation sites is 2. The molecule has 0 fully saturated rings. The smallest absolute Gasteiger partial charge is 0.131 e. The second-order valence-electron chi connectivity index (χ2n) is 17.5. The van der Waals surface area contributed by atoms with Gasteiger partial charge >= 0.3 is 0 Å². The van der Waals surface area contributed by atoms with E-state index in [2.05, 4.69) is 243 Å². The van der Waals surface area contributed by atoms with Crippen LogP contribution in [0.3, 0.4) is 0 Å². The highest BCUT2D eigenvalue weighted by Crippen LogP contribution is 2.54. The van der Waals surface area contributed by atoms with Crippen LogP contribution in [0, 0.1) is 0 Å². The second-order valence-corrected chi connectivity index (χ2v) is 17.5. The molecule has 1 aromatic heterocycles. The van der Waals surface area contributed by atoms with Crippen molar-refractivity contribution in [3.63, 3.8) is 0 Å². The van der Waals surface area contributed by atoms with Crippen LogP contribution in [0.15, 0.2) is 212 Å². The highest BCUT2D eigenvalue weighted by atomic mass is 16.5. The number of nitrogens with zero attached hydrogens (tertiary/aromatic N) is 2. The first-order chi connectivity index (χ1) is 30.4. The van der Waals surface area contributed by atoms with Gasteiger partial charge in [-0.05, 0) is 125 Å². The summed E-state index contributed by atoms with van der Waals surface area (Å²) in [6.45, 7) is 7.01. The van der Waals surface area contributed by atoms with E-state index in [1.165, 1.54) is 66.3 Å². The summed E-state index contributed by atoms with van der Waals surface area (Å²) >= 11 is 0. The Morgan fingerprint density at radius 1 is 0.403 bits per heavy atom. The molecule has 9 aromatic carbocycles. The maximum atomic E-state index is 6.56. The average Bonchev–Trinajstić information content (AvgIpc) is 3.79. The molecule has 0 saturated heterocycles. The van der Waals surface area contributed by atoms with Gasteiger partial charge in [-0.3, -0.25) is 0 Å². The molecule has 3 heteroatoms. The summed E-state index contributed by atoms with van der Waals surface area (Å²) in [6.07, 6.45) is 0. The molecular weight excluding hydrogens is 753 g/mol. The molecule has 1 aliphatic carbocycles. The highest BCUT2D eigenvalue weighted by molar-refractivity contribution is 6.11. The lowest BCUT2D eigenvalue weighted by Gasteiger charge is -2.36. The van der Waals surface area contributed by atoms with E-state index < -0.39 is 0 Å². The van der Waals surface area contributed by atoms with Crippen LogP contribution < -0.4 is 9.64 Å². The molecule has 0 atom stereocenters. The fourth-order valence-electron chi connectivity index (χ4n) is 10.5. The van der Waals surface area contributed by atoms with E-state index in [1.54, 1.807) is 0 Å². The van der Waals surface area contributed by atoms with Gasteiger partial charge in [-0.2, -0.15) is 0 Å². The predicted molar refractivity (Wildman–Crippen MR) is 257 cm³/mol. The molecule has 0 unspecified atom stereocenters. The zero-order valence-corrected chi connectivity index (χ0v) is 35.0. The SMILES string of the molecule is CC1(C)c2ccccc2Oc2ccc(N(c3ccc(-c4ccccc4)cc3)c3ccc4c(c3)c3cc(C5(C)c6ccccc6-c6ccccc65)ccc3n4-c3ccccc3)cc21. The standard InChI is InChI=1S/C59H44N2O/c1-58(2)52-24-14-15-25-56(52)62-57-35-32-45(38-53(57)58)60(43-29-26-40(27-30-43)39-16-6-4-7-17-39)44-31-34-55-49(37-44)48-36-41(28-33-54(48)61(55)42-18-8-5-9-19-42)59(3)50-22-12-10-20-46(50)47-21-11-13-23-51(47)59/h4-38H,1-3H3. The van der Waals surface area contributed by atoms with Gasteiger partial charge in [0, 0.05) is 55.5 Å². The number of rotatable bonds is 6. The van der Waals surface area contributed by atoms with Crippen LogP contribution in [-0.2, 0) is 10.8 Å². The summed E-state index contributed by atoms with van der Waals surface area (Å²) in [6, 6.07) is 77.5. The first-order valence-electron chi connectivity index (χ1n) is 21.6. The van der Waals surface area contributed by atoms with Crippen molar-refractivity contribution >= 4 is 38.9 Å². The summed E-state index contributed by atoms with van der Waals surface area (Å²) in [4.78, 5) is 2.41. The highest BCUT2D eigenvalue weighted by Gasteiger charge is 2.41. The quantitative estimate of drug-likeness (QED) is 0.167. The minimum Gasteiger partial charge on any atom is -0.457 e. The summed E-state index contributed by atoms with van der Waals surface area (Å²) in [7, 11) is 0. The first-order valence-corrected chi connectivity index (χ1v) is 21.6. The molecule has 3 nitrogen and oxygen atoms in total. The van der Waals surface area contributed by atoms with E-state index in [4.69, 9.17) is 4.74 Å². The normalized spacial score (nSPS) is 14.1. The number of ether oxygens (including phenoxy) is 1. The zero-order chi connectivity index (χ0) is 41.6. The largest absolute Gasteiger partial charge is 0.457 e. The van der Waals surface area contributed by atoms with Gasteiger partial charge in [0.25, 0.3) is 0 Å². The Bertz CT molecular complexity index is 3310. The Balaban J connectivity index is 1.08. The van der Waals surface area contributed by atoms with E-state index in [0.29, 0.717) is 0 Å². The minimum atomic E-state index is -0.316. The van der Waals surface area contributed by atoms with Crippen molar-refractivity contribution in [3.05, 3.63) is 240 Å². The monoisotopic (exact) mass is 796 g/mol. The maximum Gasteiger partial charge on any atom is 0.131 e. The van der Waals surface area contributed by atoms with Gasteiger partial charge in [0.2, 0.25) is 0 Å². The third-order valence-electron chi connectivity index (χ3n) is 13.7. The van der Waals surface area contributed by atoms with Crippen LogP contribution in [0.25, 0.3) is 49.7 Å². The summed E-state index contributed by atoms with van der Waals surface area (Å²) < 4.78 is 8.98. The van der Waals surface area contributed by atoms with Crippen LogP contribution in [-0.4, -0.2) is 4.57 Å². The summed E-state index contributed by atoms with van der Waals surface area (Å²) in [5.41, 5.74) is 17.5. The van der Waals surface area contributed by atoms with Gasteiger partial charge in [-0.25, -0.2) is 0 Å². The van der Waals surface area contributed by atoms with E-state index in [1.807, 2.05) is 0 Å². The van der Waals surface area contributed by atoms with Crippen molar-refractivity contribution in [2.75, 3.05) is 4.90 Å². The molecule has 0 N–H and O–H groups in total. The molecule has 0 saturated carbocycles. The molecule has 2 aliphatic rings. The van der Waals surface area contributed by atoms with Crippen molar-refractivity contribution in [2.45, 2.75) is 31.6 Å². The van der Waals surface area contributed by atoms with E-state index in [9.17, 15) is 0 Å². The summed E-state index contributed by atoms with van der Waals surface area (Å²) in [5.74, 6) is 1.82. The lowest BCUT2D eigenvalue weighted by molar-refractivity contribution is 0.418. The molecule has 0 amide bonds. The molecule has 2 heterocycles. The number of benzene rings is 9. The zero-order valence-electron chi connectivity index (χ0n) is 35.0. The number of fused-ring (bicyclic) bond motifs is 8. The van der Waals surface area contributed by atoms with Crippen molar-refractivity contribution < 1.29 is 4.74 Å². The lowest BCUT2D eigenvalue weighted by atomic mass is 9.74. The van der Waals surface area contributed by atoms with Gasteiger partial charge in [0.1, 0.15) is 11.5 Å². The van der Waals surface area contributed by atoms with Crippen molar-refractivity contribution in [2.24, 2.45) is 0 Å². The number of anilines is 3. The lowest BCUT2D eigenvalue weighted by Crippen LogP contribution is -2.24. The number of aromatic nitrogens is 1. The van der Waals surface area contributed by atoms with Crippen LogP contribution in [0.1, 0.15) is 48.6 Å². The molecule has 0 bridgehead atoms. The predicted octanol–water partition coefficient (Wildman–Crippen LogP) is 15.7. The van der Waals surface area contributed by atoms with Crippen LogP contribution in [0.2, 0.25) is 0 Å². The third kappa shape index (κ3) is 5.38. The van der Waals surface area contributed by atoms with Crippen molar-refractivity contribution in [3.8, 4) is 39.4 Å². The second kappa shape index (κ2) is 13.7. The molecule has 0 radical (unpaired) electrons. The van der Waals surface area contributed by atoms with Gasteiger partial charge in [0.05, 0.1) is 11.0 Å². The maximum absolute atomic E-state index is 6.56.